The van der Waals surface area contributed by atoms with Gasteiger partial charge in [0.25, 0.3) is 0 Å². The number of hydrogen-bond acceptors (Lipinski definition) is 8. The zero-order chi connectivity index (χ0) is 30.1. The maximum absolute atomic E-state index is 15.6. The van der Waals surface area contributed by atoms with E-state index < -0.39 is 43.9 Å². The van der Waals surface area contributed by atoms with Crippen LogP contribution in [0.1, 0.15) is 35.3 Å². The lowest BCUT2D eigenvalue weighted by Gasteiger charge is -2.33. The monoisotopic (exact) mass is 598 g/mol. The average Bonchev–Trinajstić information content (AvgIpc) is 2.93. The van der Waals surface area contributed by atoms with Crippen LogP contribution in [-0.2, 0) is 10.0 Å². The first-order valence-electron chi connectivity index (χ1n) is 13.1. The van der Waals surface area contributed by atoms with Crippen LogP contribution in [0.3, 0.4) is 0 Å². The number of nitrogens with one attached hydrogen (secondary N) is 2. The van der Waals surface area contributed by atoms with Gasteiger partial charge in [0.05, 0.1) is 11.3 Å². The first-order valence-corrected chi connectivity index (χ1v) is 14.7. The smallest absolute Gasteiger partial charge is 0.228 e. The van der Waals surface area contributed by atoms with Crippen LogP contribution >= 0.6 is 0 Å². The highest BCUT2D eigenvalue weighted by atomic mass is 32.2. The Morgan fingerprint density at radius 1 is 1.10 bits per heavy atom. The molecule has 1 saturated heterocycles. The minimum atomic E-state index is -4.37. The first kappa shape index (κ1) is 29.4. The molecule has 1 unspecified atom stereocenters. The zero-order valence-electron chi connectivity index (χ0n) is 22.8. The third-order valence-corrected chi connectivity index (χ3v) is 8.07. The number of ether oxygens (including phenoxy) is 1. The fraction of sp³-hybridized carbons (Fsp3) is 0.276. The SMILES string of the molecule is Cc1cc(Oc2ncccc2-c2ccnc(N[C@@H]3CNC[C@@](C)(F)C3)n2)c(F)c(F)c1C(c1ccccc1)S(N)(=O)=O. The van der Waals surface area contributed by atoms with Gasteiger partial charge in [0.2, 0.25) is 27.7 Å². The zero-order valence-corrected chi connectivity index (χ0v) is 23.6. The van der Waals surface area contributed by atoms with Gasteiger partial charge in [0.15, 0.2) is 11.6 Å². The van der Waals surface area contributed by atoms with Crippen molar-refractivity contribution in [3.8, 4) is 22.9 Å². The molecule has 4 N–H and O–H groups in total. The summed E-state index contributed by atoms with van der Waals surface area (Å²) in [4.78, 5) is 12.9. The number of sulfonamides is 1. The third-order valence-electron chi connectivity index (χ3n) is 6.91. The summed E-state index contributed by atoms with van der Waals surface area (Å²) in [5.74, 6) is -3.13. The Morgan fingerprint density at radius 3 is 2.57 bits per heavy atom. The molecule has 0 bridgehead atoms. The molecule has 9 nitrogen and oxygen atoms in total. The number of benzene rings is 2. The van der Waals surface area contributed by atoms with Crippen molar-refractivity contribution in [3.05, 3.63) is 95.3 Å². The van der Waals surface area contributed by atoms with E-state index in [9.17, 15) is 12.8 Å². The van der Waals surface area contributed by atoms with Gasteiger partial charge >= 0.3 is 0 Å². The van der Waals surface area contributed by atoms with E-state index in [2.05, 4.69) is 25.6 Å². The van der Waals surface area contributed by atoms with Gasteiger partial charge in [-0.3, -0.25) is 0 Å². The van der Waals surface area contributed by atoms with E-state index >= 15 is 8.78 Å². The predicted octanol–water partition coefficient (Wildman–Crippen LogP) is 4.80. The fourth-order valence-corrected chi connectivity index (χ4v) is 6.24. The maximum Gasteiger partial charge on any atom is 0.228 e. The Hall–Kier alpha value is -4.07. The molecule has 2 aromatic heterocycles. The lowest BCUT2D eigenvalue weighted by atomic mass is 9.95. The molecule has 3 atom stereocenters. The normalized spacial score (nSPS) is 19.7. The van der Waals surface area contributed by atoms with Crippen LogP contribution in [0.15, 0.2) is 67.0 Å². The molecule has 13 heteroatoms. The number of primary sulfonamides is 1. The van der Waals surface area contributed by atoms with Gasteiger partial charge in [-0.25, -0.2) is 37.3 Å². The van der Waals surface area contributed by atoms with E-state index in [0.29, 0.717) is 17.8 Å². The highest BCUT2D eigenvalue weighted by Crippen LogP contribution is 2.39. The second-order valence-electron chi connectivity index (χ2n) is 10.4. The number of alkyl halides is 1. The molecule has 0 saturated carbocycles. The Labute approximate surface area is 241 Å². The van der Waals surface area contributed by atoms with Crippen molar-refractivity contribution in [2.75, 3.05) is 18.4 Å². The van der Waals surface area contributed by atoms with Crippen LogP contribution < -0.4 is 20.5 Å². The van der Waals surface area contributed by atoms with Crippen LogP contribution in [0, 0.1) is 18.6 Å². The van der Waals surface area contributed by atoms with Gasteiger partial charge in [-0.05, 0) is 49.2 Å². The second-order valence-corrected chi connectivity index (χ2v) is 12.1. The van der Waals surface area contributed by atoms with E-state index in [1.807, 2.05) is 0 Å². The van der Waals surface area contributed by atoms with Crippen molar-refractivity contribution in [2.24, 2.45) is 5.14 Å². The maximum atomic E-state index is 15.6. The molecule has 3 heterocycles. The predicted molar refractivity (Wildman–Crippen MR) is 152 cm³/mol. The summed E-state index contributed by atoms with van der Waals surface area (Å²) in [5, 5.41) is 10.0. The number of nitrogens with zero attached hydrogens (tertiary/aromatic N) is 3. The lowest BCUT2D eigenvalue weighted by molar-refractivity contribution is 0.137. The standard InChI is InChI=1S/C29H29F3N6O3S/c1-17-13-22(24(30)25(31)23(17)26(42(33,39)40)18-7-4-3-5-8-18)41-27-20(9-6-11-35-27)21-10-12-36-28(38-21)37-19-14-29(2,32)16-34-15-19/h3-13,19,26,34H,14-16H2,1-2H3,(H2,33,39,40)(H,36,37,38)/t19-,26?,29-/m0/s1. The van der Waals surface area contributed by atoms with E-state index in [-0.39, 0.29) is 42.0 Å². The summed E-state index contributed by atoms with van der Waals surface area (Å²) < 4.78 is 76.3. The number of aryl methyl sites for hydroxylation is 1. The highest BCUT2D eigenvalue weighted by molar-refractivity contribution is 7.89. The summed E-state index contributed by atoms with van der Waals surface area (Å²) in [6, 6.07) is 13.6. The number of aromatic nitrogens is 3. The van der Waals surface area contributed by atoms with Crippen molar-refractivity contribution in [1.82, 2.24) is 20.3 Å². The third kappa shape index (κ3) is 6.37. The highest BCUT2D eigenvalue weighted by Gasteiger charge is 2.34. The van der Waals surface area contributed by atoms with Gasteiger partial charge in [0.1, 0.15) is 10.9 Å². The summed E-state index contributed by atoms with van der Waals surface area (Å²) >= 11 is 0. The largest absolute Gasteiger partial charge is 0.435 e. The Bertz CT molecular complexity index is 1710. The quantitative estimate of drug-likeness (QED) is 0.264. The molecule has 0 aliphatic carbocycles. The van der Waals surface area contributed by atoms with Gasteiger partial charge in [-0.15, -0.1) is 0 Å². The molecule has 2 aromatic carbocycles. The van der Waals surface area contributed by atoms with Crippen molar-refractivity contribution >= 4 is 16.0 Å². The van der Waals surface area contributed by atoms with E-state index in [0.717, 1.165) is 0 Å². The van der Waals surface area contributed by atoms with Crippen LogP contribution in [0.25, 0.3) is 11.3 Å². The molecule has 1 fully saturated rings. The van der Waals surface area contributed by atoms with Crippen molar-refractivity contribution < 1.29 is 26.3 Å². The number of rotatable bonds is 8. The van der Waals surface area contributed by atoms with E-state index in [1.54, 1.807) is 36.4 Å². The molecule has 0 amide bonds. The van der Waals surface area contributed by atoms with Crippen LogP contribution in [0.2, 0.25) is 0 Å². The van der Waals surface area contributed by atoms with Crippen molar-refractivity contribution in [3.63, 3.8) is 0 Å². The number of anilines is 1. The molecule has 42 heavy (non-hydrogen) atoms. The number of piperidine rings is 1. The van der Waals surface area contributed by atoms with Gasteiger partial charge in [0, 0.05) is 43.5 Å². The summed E-state index contributed by atoms with van der Waals surface area (Å²) in [6.07, 6.45) is 3.19. The van der Waals surface area contributed by atoms with Gasteiger partial charge < -0.3 is 15.4 Å². The minimum absolute atomic E-state index is 0.0747. The first-order chi connectivity index (χ1) is 19.9. The molecule has 5 rings (SSSR count). The van der Waals surface area contributed by atoms with E-state index in [4.69, 9.17) is 9.88 Å². The molecular weight excluding hydrogens is 569 g/mol. The fourth-order valence-electron chi connectivity index (χ4n) is 5.08. The average molecular weight is 599 g/mol. The van der Waals surface area contributed by atoms with Gasteiger partial charge in [-0.1, -0.05) is 30.3 Å². The summed E-state index contributed by atoms with van der Waals surface area (Å²) in [6.45, 7) is 3.76. The molecule has 0 spiro atoms. The summed E-state index contributed by atoms with van der Waals surface area (Å²) in [5.41, 5.74) is -0.763. The van der Waals surface area contributed by atoms with Crippen LogP contribution in [-0.4, -0.2) is 48.2 Å². The molecular formula is C29H29F3N6O3S. The number of halogens is 3. The molecule has 220 valence electrons. The molecule has 0 radical (unpaired) electrons. The summed E-state index contributed by atoms with van der Waals surface area (Å²) in [7, 11) is -4.37. The second kappa shape index (κ2) is 11.7. The number of hydrogen-bond donors (Lipinski definition) is 3. The Balaban J connectivity index is 1.47. The Morgan fingerprint density at radius 2 is 1.86 bits per heavy atom. The number of nitrogens with two attached hydrogens (primary N) is 1. The van der Waals surface area contributed by atoms with Crippen molar-refractivity contribution in [1.29, 1.82) is 0 Å². The van der Waals surface area contributed by atoms with Gasteiger partial charge in [-0.2, -0.15) is 4.39 Å². The Kier molecular flexibility index (Phi) is 8.17. The van der Waals surface area contributed by atoms with Crippen molar-refractivity contribution in [2.45, 2.75) is 37.2 Å². The minimum Gasteiger partial charge on any atom is -0.435 e. The lowest BCUT2D eigenvalue weighted by Crippen LogP contribution is -2.50. The topological polar surface area (TPSA) is 132 Å². The molecule has 1 aliphatic heterocycles. The number of pyridine rings is 1. The molecule has 4 aromatic rings. The molecule has 1 aliphatic rings. The van der Waals surface area contributed by atoms with Crippen LogP contribution in [0.5, 0.6) is 11.6 Å². The van der Waals surface area contributed by atoms with Crippen LogP contribution in [0.4, 0.5) is 19.1 Å². The van der Waals surface area contributed by atoms with E-state index in [1.165, 1.54) is 44.4 Å².